The van der Waals surface area contributed by atoms with Gasteiger partial charge in [-0.25, -0.2) is 4.79 Å². The third-order valence-electron chi connectivity index (χ3n) is 5.89. The highest BCUT2D eigenvalue weighted by atomic mass is 19.4. The van der Waals surface area contributed by atoms with Crippen LogP contribution in [0.25, 0.3) is 0 Å². The molecule has 2 fully saturated rings. The molecule has 0 radical (unpaired) electrons. The summed E-state index contributed by atoms with van der Waals surface area (Å²) in [6.45, 7) is 2.95. The first-order chi connectivity index (χ1) is 14.6. The van der Waals surface area contributed by atoms with Gasteiger partial charge in [0.05, 0.1) is 19.1 Å². The molecule has 1 aromatic carbocycles. The number of nitrogens with zero attached hydrogens (tertiary/aromatic N) is 2. The van der Waals surface area contributed by atoms with Crippen LogP contribution in [0.5, 0.6) is 5.75 Å². The molecule has 3 rings (SSSR count). The summed E-state index contributed by atoms with van der Waals surface area (Å²) in [6, 6.07) is 4.20. The number of carbonyl (C=O) groups is 2. The molecule has 2 amide bonds. The molecule has 0 aliphatic carbocycles. The number of piperidine rings is 2. The lowest BCUT2D eigenvalue weighted by Crippen LogP contribution is -2.52. The number of aliphatic hydroxyl groups is 1. The summed E-state index contributed by atoms with van der Waals surface area (Å²) in [6.07, 6.45) is -3.76. The Hall–Kier alpha value is -2.49. The van der Waals surface area contributed by atoms with Crippen LogP contribution < -0.4 is 4.74 Å². The SMILES string of the molecule is COC(=O)C1CC(c2ccc(OC(F)(F)F)c(C)c2)CN(C(=O)N2CCC(O)CC2)C1. The lowest BCUT2D eigenvalue weighted by molar-refractivity contribution is -0.274. The van der Waals surface area contributed by atoms with Gasteiger partial charge in [-0.3, -0.25) is 4.79 Å². The number of carbonyl (C=O) groups excluding carboxylic acids is 2. The van der Waals surface area contributed by atoms with Crippen LogP contribution in [0, 0.1) is 12.8 Å². The third-order valence-corrected chi connectivity index (χ3v) is 5.89. The Morgan fingerprint density at radius 1 is 1.13 bits per heavy atom. The molecule has 172 valence electrons. The molecule has 1 N–H and O–H groups in total. The summed E-state index contributed by atoms with van der Waals surface area (Å²) < 4.78 is 46.6. The van der Waals surface area contributed by atoms with E-state index in [0.29, 0.717) is 44.5 Å². The first kappa shape index (κ1) is 23.2. The van der Waals surface area contributed by atoms with Crippen LogP contribution in [0.3, 0.4) is 0 Å². The van der Waals surface area contributed by atoms with Crippen molar-refractivity contribution in [3.8, 4) is 5.75 Å². The van der Waals surface area contributed by atoms with Gasteiger partial charge in [-0.2, -0.15) is 0 Å². The third kappa shape index (κ3) is 5.81. The molecule has 0 saturated carbocycles. The van der Waals surface area contributed by atoms with Crippen LogP contribution in [0.15, 0.2) is 18.2 Å². The van der Waals surface area contributed by atoms with Crippen LogP contribution in [-0.2, 0) is 9.53 Å². The van der Waals surface area contributed by atoms with Gasteiger partial charge in [0.1, 0.15) is 5.75 Å². The monoisotopic (exact) mass is 444 g/mol. The molecule has 2 unspecified atom stereocenters. The Balaban J connectivity index is 1.79. The van der Waals surface area contributed by atoms with E-state index in [1.54, 1.807) is 15.9 Å². The maximum atomic E-state index is 13.0. The zero-order valence-corrected chi connectivity index (χ0v) is 17.5. The Kier molecular flexibility index (Phi) is 6.98. The average Bonchev–Trinajstić information content (AvgIpc) is 2.73. The molecule has 1 aromatic rings. The van der Waals surface area contributed by atoms with E-state index < -0.39 is 24.4 Å². The summed E-state index contributed by atoms with van der Waals surface area (Å²) in [7, 11) is 1.29. The Bertz CT molecular complexity index is 809. The van der Waals surface area contributed by atoms with Gasteiger partial charge in [-0.15, -0.1) is 13.2 Å². The zero-order valence-electron chi connectivity index (χ0n) is 17.5. The summed E-state index contributed by atoms with van der Waals surface area (Å²) in [5.41, 5.74) is 1.05. The molecular weight excluding hydrogens is 417 g/mol. The minimum Gasteiger partial charge on any atom is -0.469 e. The van der Waals surface area contributed by atoms with Crippen molar-refractivity contribution in [2.24, 2.45) is 5.92 Å². The highest BCUT2D eigenvalue weighted by Gasteiger charge is 2.38. The number of likely N-dealkylation sites (tertiary alicyclic amines) is 2. The number of methoxy groups -OCH3 is 1. The molecule has 2 aliphatic rings. The van der Waals surface area contributed by atoms with E-state index in [-0.39, 0.29) is 24.2 Å². The Morgan fingerprint density at radius 2 is 1.81 bits per heavy atom. The van der Waals surface area contributed by atoms with Gasteiger partial charge in [0.25, 0.3) is 0 Å². The number of alkyl halides is 3. The zero-order chi connectivity index (χ0) is 22.8. The molecule has 0 bridgehead atoms. The molecule has 2 heterocycles. The first-order valence-corrected chi connectivity index (χ1v) is 10.2. The van der Waals surface area contributed by atoms with Crippen LogP contribution in [0.2, 0.25) is 0 Å². The molecule has 31 heavy (non-hydrogen) atoms. The van der Waals surface area contributed by atoms with Gasteiger partial charge in [0, 0.05) is 32.1 Å². The normalized spacial score (nSPS) is 22.9. The molecule has 0 spiro atoms. The fourth-order valence-corrected chi connectivity index (χ4v) is 4.26. The van der Waals surface area contributed by atoms with Gasteiger partial charge < -0.3 is 24.4 Å². The van der Waals surface area contributed by atoms with Crippen LogP contribution in [0.4, 0.5) is 18.0 Å². The average molecular weight is 444 g/mol. The van der Waals surface area contributed by atoms with E-state index in [1.807, 2.05) is 0 Å². The summed E-state index contributed by atoms with van der Waals surface area (Å²) in [5.74, 6) is -1.48. The smallest absolute Gasteiger partial charge is 0.469 e. The largest absolute Gasteiger partial charge is 0.573 e. The second-order valence-corrected chi connectivity index (χ2v) is 8.13. The standard InChI is InChI=1S/C21H27F3N2O5/c1-13-9-14(3-4-18(13)31-21(22,23)24)15-10-16(19(28)30-2)12-26(11-15)20(29)25-7-5-17(27)6-8-25/h3-4,9,15-17,27H,5-8,10-12H2,1-2H3. The number of rotatable bonds is 3. The number of ether oxygens (including phenoxy) is 2. The number of benzene rings is 1. The van der Waals surface area contributed by atoms with Crippen molar-refractivity contribution in [3.63, 3.8) is 0 Å². The van der Waals surface area contributed by atoms with Crippen molar-refractivity contribution >= 4 is 12.0 Å². The Labute approximate surface area is 178 Å². The number of esters is 1. The minimum atomic E-state index is -4.78. The molecule has 0 aromatic heterocycles. The summed E-state index contributed by atoms with van der Waals surface area (Å²) in [5, 5.41) is 9.68. The molecular formula is C21H27F3N2O5. The van der Waals surface area contributed by atoms with E-state index in [4.69, 9.17) is 4.74 Å². The predicted octanol–water partition coefficient (Wildman–Crippen LogP) is 3.05. The molecule has 2 atom stereocenters. The highest BCUT2D eigenvalue weighted by Crippen LogP contribution is 2.35. The van der Waals surface area contributed by atoms with Crippen molar-refractivity contribution in [2.75, 3.05) is 33.3 Å². The number of aryl methyl sites for hydroxylation is 1. The van der Waals surface area contributed by atoms with Crippen LogP contribution in [-0.4, -0.2) is 72.7 Å². The number of urea groups is 1. The maximum absolute atomic E-state index is 13.0. The van der Waals surface area contributed by atoms with E-state index in [1.165, 1.54) is 26.2 Å². The topological polar surface area (TPSA) is 79.3 Å². The van der Waals surface area contributed by atoms with Crippen molar-refractivity contribution < 1.29 is 37.3 Å². The fourth-order valence-electron chi connectivity index (χ4n) is 4.26. The van der Waals surface area contributed by atoms with Gasteiger partial charge in [0.15, 0.2) is 0 Å². The second kappa shape index (κ2) is 9.33. The minimum absolute atomic E-state index is 0.209. The van der Waals surface area contributed by atoms with E-state index in [9.17, 15) is 27.9 Å². The van der Waals surface area contributed by atoms with Crippen molar-refractivity contribution in [3.05, 3.63) is 29.3 Å². The number of hydrogen-bond acceptors (Lipinski definition) is 5. The number of halogens is 3. The van der Waals surface area contributed by atoms with Crippen LogP contribution in [0.1, 0.15) is 36.3 Å². The van der Waals surface area contributed by atoms with Crippen molar-refractivity contribution in [1.82, 2.24) is 9.80 Å². The molecule has 7 nitrogen and oxygen atoms in total. The first-order valence-electron chi connectivity index (χ1n) is 10.2. The van der Waals surface area contributed by atoms with Gasteiger partial charge >= 0.3 is 18.4 Å². The maximum Gasteiger partial charge on any atom is 0.573 e. The van der Waals surface area contributed by atoms with Gasteiger partial charge in [-0.1, -0.05) is 12.1 Å². The lowest BCUT2D eigenvalue weighted by Gasteiger charge is -2.40. The molecule has 10 heteroatoms. The van der Waals surface area contributed by atoms with Crippen molar-refractivity contribution in [1.29, 1.82) is 0 Å². The lowest BCUT2D eigenvalue weighted by atomic mass is 9.84. The molecule has 2 saturated heterocycles. The number of amides is 2. The quantitative estimate of drug-likeness (QED) is 0.725. The fraction of sp³-hybridized carbons (Fsp3) is 0.619. The van der Waals surface area contributed by atoms with Gasteiger partial charge in [-0.05, 0) is 43.4 Å². The highest BCUT2D eigenvalue weighted by molar-refractivity contribution is 5.78. The van der Waals surface area contributed by atoms with E-state index in [2.05, 4.69) is 4.74 Å². The van der Waals surface area contributed by atoms with E-state index >= 15 is 0 Å². The second-order valence-electron chi connectivity index (χ2n) is 8.13. The number of aliphatic hydroxyl groups excluding tert-OH is 1. The summed E-state index contributed by atoms with van der Waals surface area (Å²) >= 11 is 0. The number of hydrogen-bond donors (Lipinski definition) is 1. The Morgan fingerprint density at radius 3 is 2.39 bits per heavy atom. The summed E-state index contributed by atoms with van der Waals surface area (Å²) in [4.78, 5) is 28.6. The van der Waals surface area contributed by atoms with E-state index in [0.717, 1.165) is 5.56 Å². The van der Waals surface area contributed by atoms with Crippen LogP contribution >= 0.6 is 0 Å². The predicted molar refractivity (Wildman–Crippen MR) is 105 cm³/mol. The van der Waals surface area contributed by atoms with Gasteiger partial charge in [0.2, 0.25) is 0 Å². The van der Waals surface area contributed by atoms with Crippen molar-refractivity contribution in [2.45, 2.75) is 44.6 Å². The molecule has 2 aliphatic heterocycles.